The Kier molecular flexibility index (Phi) is 3.59. The molecule has 2 rings (SSSR count). The lowest BCUT2D eigenvalue weighted by molar-refractivity contribution is 0.500. The lowest BCUT2D eigenvalue weighted by Gasteiger charge is -2.09. The third-order valence-corrected chi connectivity index (χ3v) is 2.70. The van der Waals surface area contributed by atoms with E-state index in [2.05, 4.69) is 5.32 Å². The minimum atomic E-state index is -0.844. The summed E-state index contributed by atoms with van der Waals surface area (Å²) >= 11 is 5.93. The van der Waals surface area contributed by atoms with Gasteiger partial charge in [0, 0.05) is 12.1 Å². The number of nitrogens with one attached hydrogen (secondary N) is 1. The first-order chi connectivity index (χ1) is 8.18. The third-order valence-electron chi connectivity index (χ3n) is 2.37. The standard InChI is InChI=1S/C13H10ClF2N/c14-10-5-1-2-7-12(10)17-8-9-4-3-6-11(15)13(9)16/h1-7,17H,8H2. The normalized spacial score (nSPS) is 10.3. The Labute approximate surface area is 103 Å². The fraction of sp³-hybridized carbons (Fsp3) is 0.0769. The molecular formula is C13H10ClF2N. The smallest absolute Gasteiger partial charge is 0.163 e. The van der Waals surface area contributed by atoms with Gasteiger partial charge >= 0.3 is 0 Å². The molecule has 1 nitrogen and oxygen atoms in total. The zero-order valence-electron chi connectivity index (χ0n) is 8.88. The SMILES string of the molecule is Fc1cccc(CNc2ccccc2Cl)c1F. The van der Waals surface area contributed by atoms with Gasteiger partial charge in [0.05, 0.1) is 10.7 Å². The van der Waals surface area contributed by atoms with Crippen LogP contribution in [0.4, 0.5) is 14.5 Å². The molecule has 0 amide bonds. The van der Waals surface area contributed by atoms with Crippen molar-refractivity contribution in [2.75, 3.05) is 5.32 Å². The van der Waals surface area contributed by atoms with Crippen molar-refractivity contribution in [2.45, 2.75) is 6.54 Å². The molecular weight excluding hydrogens is 244 g/mol. The average molecular weight is 254 g/mol. The number of hydrogen-bond acceptors (Lipinski definition) is 1. The zero-order chi connectivity index (χ0) is 12.3. The highest BCUT2D eigenvalue weighted by molar-refractivity contribution is 6.33. The van der Waals surface area contributed by atoms with Crippen LogP contribution in [0.1, 0.15) is 5.56 Å². The summed E-state index contributed by atoms with van der Waals surface area (Å²) in [6, 6.07) is 11.2. The van der Waals surface area contributed by atoms with Crippen molar-refractivity contribution in [3.63, 3.8) is 0 Å². The van der Waals surface area contributed by atoms with Crippen LogP contribution >= 0.6 is 11.6 Å². The van der Waals surface area contributed by atoms with E-state index in [1.54, 1.807) is 18.2 Å². The number of benzene rings is 2. The first kappa shape index (κ1) is 11.9. The molecule has 0 radical (unpaired) electrons. The van der Waals surface area contributed by atoms with Gasteiger partial charge < -0.3 is 5.32 Å². The van der Waals surface area contributed by atoms with E-state index >= 15 is 0 Å². The predicted octanol–water partition coefficient (Wildman–Crippen LogP) is 4.23. The topological polar surface area (TPSA) is 12.0 Å². The molecule has 2 aromatic carbocycles. The molecule has 4 heteroatoms. The molecule has 0 aromatic heterocycles. The second kappa shape index (κ2) is 5.15. The quantitative estimate of drug-likeness (QED) is 0.863. The van der Waals surface area contributed by atoms with Gasteiger partial charge in [-0.2, -0.15) is 0 Å². The van der Waals surface area contributed by atoms with Crippen LogP contribution in [0.5, 0.6) is 0 Å². The Morgan fingerprint density at radius 2 is 1.76 bits per heavy atom. The molecule has 88 valence electrons. The van der Waals surface area contributed by atoms with E-state index in [1.807, 2.05) is 6.07 Å². The van der Waals surface area contributed by atoms with Crippen LogP contribution < -0.4 is 5.32 Å². The van der Waals surface area contributed by atoms with Gasteiger partial charge in [0.15, 0.2) is 11.6 Å². The van der Waals surface area contributed by atoms with Gasteiger partial charge in [-0.05, 0) is 18.2 Å². The van der Waals surface area contributed by atoms with Crippen molar-refractivity contribution in [3.8, 4) is 0 Å². The van der Waals surface area contributed by atoms with Crippen LogP contribution in [0.15, 0.2) is 42.5 Å². The number of anilines is 1. The first-order valence-corrected chi connectivity index (χ1v) is 5.47. The molecule has 0 spiro atoms. The Balaban J connectivity index is 2.13. The molecule has 1 N–H and O–H groups in total. The minimum absolute atomic E-state index is 0.188. The summed E-state index contributed by atoms with van der Waals surface area (Å²) in [6.07, 6.45) is 0. The molecule has 0 aliphatic heterocycles. The number of para-hydroxylation sites is 1. The van der Waals surface area contributed by atoms with Crippen molar-refractivity contribution < 1.29 is 8.78 Å². The first-order valence-electron chi connectivity index (χ1n) is 5.10. The van der Waals surface area contributed by atoms with Gasteiger partial charge in [0.2, 0.25) is 0 Å². The summed E-state index contributed by atoms with van der Waals surface area (Å²) in [5, 5.41) is 3.50. The highest BCUT2D eigenvalue weighted by atomic mass is 35.5. The maximum Gasteiger partial charge on any atom is 0.163 e. The van der Waals surface area contributed by atoms with E-state index in [0.717, 1.165) is 6.07 Å². The third kappa shape index (κ3) is 2.74. The van der Waals surface area contributed by atoms with Crippen LogP contribution in [-0.4, -0.2) is 0 Å². The Bertz CT molecular complexity index is 529. The average Bonchev–Trinajstić information content (AvgIpc) is 2.33. The van der Waals surface area contributed by atoms with Gasteiger partial charge in [-0.1, -0.05) is 35.9 Å². The van der Waals surface area contributed by atoms with E-state index in [0.29, 0.717) is 10.7 Å². The molecule has 17 heavy (non-hydrogen) atoms. The van der Waals surface area contributed by atoms with Crippen molar-refractivity contribution in [1.82, 2.24) is 0 Å². The molecule has 0 atom stereocenters. The fourth-order valence-corrected chi connectivity index (χ4v) is 1.68. The molecule has 2 aromatic rings. The summed E-state index contributed by atoms with van der Waals surface area (Å²) in [5.41, 5.74) is 0.961. The van der Waals surface area contributed by atoms with Crippen LogP contribution in [0.2, 0.25) is 5.02 Å². The van der Waals surface area contributed by atoms with Crippen LogP contribution in [0, 0.1) is 11.6 Å². The summed E-state index contributed by atoms with van der Waals surface area (Å²) in [5.74, 6) is -1.67. The van der Waals surface area contributed by atoms with Gasteiger partial charge in [-0.15, -0.1) is 0 Å². The molecule has 0 heterocycles. The van der Waals surface area contributed by atoms with Crippen LogP contribution in [-0.2, 0) is 6.54 Å². The van der Waals surface area contributed by atoms with E-state index in [-0.39, 0.29) is 12.1 Å². The maximum absolute atomic E-state index is 13.4. The van der Waals surface area contributed by atoms with E-state index in [9.17, 15) is 8.78 Å². The number of rotatable bonds is 3. The van der Waals surface area contributed by atoms with Gasteiger partial charge in [-0.25, -0.2) is 8.78 Å². The predicted molar refractivity (Wildman–Crippen MR) is 65.1 cm³/mol. The second-order valence-corrected chi connectivity index (χ2v) is 3.95. The molecule has 0 saturated carbocycles. The minimum Gasteiger partial charge on any atom is -0.380 e. The fourth-order valence-electron chi connectivity index (χ4n) is 1.48. The molecule has 0 unspecified atom stereocenters. The molecule has 0 aliphatic carbocycles. The highest BCUT2D eigenvalue weighted by Crippen LogP contribution is 2.21. The van der Waals surface area contributed by atoms with E-state index in [1.165, 1.54) is 12.1 Å². The maximum atomic E-state index is 13.4. The molecule has 0 saturated heterocycles. The van der Waals surface area contributed by atoms with Crippen molar-refractivity contribution in [1.29, 1.82) is 0 Å². The second-order valence-electron chi connectivity index (χ2n) is 3.55. The highest BCUT2D eigenvalue weighted by Gasteiger charge is 2.07. The molecule has 0 aliphatic rings. The summed E-state index contributed by atoms with van der Waals surface area (Å²) in [4.78, 5) is 0. The van der Waals surface area contributed by atoms with Crippen LogP contribution in [0.3, 0.4) is 0 Å². The zero-order valence-corrected chi connectivity index (χ0v) is 9.64. The molecule has 0 fully saturated rings. The Morgan fingerprint density at radius 1 is 1.00 bits per heavy atom. The van der Waals surface area contributed by atoms with Crippen molar-refractivity contribution in [3.05, 3.63) is 64.7 Å². The summed E-state index contributed by atoms with van der Waals surface area (Å²) in [6.45, 7) is 0.188. The summed E-state index contributed by atoms with van der Waals surface area (Å²) < 4.78 is 26.3. The van der Waals surface area contributed by atoms with Gasteiger partial charge in [0.25, 0.3) is 0 Å². The number of halogens is 3. The molecule has 0 bridgehead atoms. The Hall–Kier alpha value is -1.61. The van der Waals surface area contributed by atoms with Crippen molar-refractivity contribution >= 4 is 17.3 Å². The number of hydrogen-bond donors (Lipinski definition) is 1. The largest absolute Gasteiger partial charge is 0.380 e. The Morgan fingerprint density at radius 3 is 2.53 bits per heavy atom. The van der Waals surface area contributed by atoms with E-state index < -0.39 is 11.6 Å². The van der Waals surface area contributed by atoms with Gasteiger partial charge in [0.1, 0.15) is 0 Å². The van der Waals surface area contributed by atoms with Crippen molar-refractivity contribution in [2.24, 2.45) is 0 Å². The van der Waals surface area contributed by atoms with E-state index in [4.69, 9.17) is 11.6 Å². The summed E-state index contributed by atoms with van der Waals surface area (Å²) in [7, 11) is 0. The van der Waals surface area contributed by atoms with Crippen LogP contribution in [0.25, 0.3) is 0 Å². The van der Waals surface area contributed by atoms with Gasteiger partial charge in [-0.3, -0.25) is 0 Å². The lowest BCUT2D eigenvalue weighted by Crippen LogP contribution is -2.03. The monoisotopic (exact) mass is 253 g/mol. The lowest BCUT2D eigenvalue weighted by atomic mass is 10.2.